The van der Waals surface area contributed by atoms with Gasteiger partial charge < -0.3 is 0 Å². The van der Waals surface area contributed by atoms with Gasteiger partial charge in [-0.05, 0) is 12.5 Å². The molecule has 0 saturated heterocycles. The van der Waals surface area contributed by atoms with Gasteiger partial charge >= 0.3 is 0 Å². The van der Waals surface area contributed by atoms with E-state index in [2.05, 4.69) is 10.1 Å². The number of halogens is 2. The maximum Gasteiger partial charge on any atom is 0.271 e. The standard InChI is InChI=1S/C7H5F2N3/c1-4-2-10-7-5(8)6(9)11-12(7)3-4/h2-3H,1H3. The maximum atomic E-state index is 12.8. The summed E-state index contributed by atoms with van der Waals surface area (Å²) in [5, 5.41) is 3.29. The lowest BCUT2D eigenvalue weighted by molar-refractivity contribution is 0.491. The van der Waals surface area contributed by atoms with Gasteiger partial charge in [-0.1, -0.05) is 0 Å². The van der Waals surface area contributed by atoms with Gasteiger partial charge in [0.15, 0.2) is 5.65 Å². The van der Waals surface area contributed by atoms with Gasteiger partial charge in [0.2, 0.25) is 5.82 Å². The second-order valence-electron chi connectivity index (χ2n) is 2.50. The Bertz CT molecular complexity index is 435. The first-order valence-electron chi connectivity index (χ1n) is 3.34. The summed E-state index contributed by atoms with van der Waals surface area (Å²) in [5.74, 6) is -2.12. The van der Waals surface area contributed by atoms with Gasteiger partial charge in [0, 0.05) is 12.4 Å². The summed E-state index contributed by atoms with van der Waals surface area (Å²) in [4.78, 5) is 3.69. The van der Waals surface area contributed by atoms with Crippen LogP contribution >= 0.6 is 0 Å². The zero-order chi connectivity index (χ0) is 8.72. The lowest BCUT2D eigenvalue weighted by Gasteiger charge is -1.91. The van der Waals surface area contributed by atoms with Crippen LogP contribution in [0.15, 0.2) is 12.4 Å². The van der Waals surface area contributed by atoms with Crippen LogP contribution in [0, 0.1) is 18.7 Å². The third-order valence-corrected chi connectivity index (χ3v) is 1.51. The van der Waals surface area contributed by atoms with Crippen molar-refractivity contribution in [3.05, 3.63) is 29.7 Å². The highest BCUT2D eigenvalue weighted by Gasteiger charge is 2.12. The van der Waals surface area contributed by atoms with Crippen molar-refractivity contribution in [2.45, 2.75) is 6.92 Å². The molecule has 0 bridgehead atoms. The van der Waals surface area contributed by atoms with Crippen LogP contribution in [0.4, 0.5) is 8.78 Å². The van der Waals surface area contributed by atoms with E-state index in [0.29, 0.717) is 0 Å². The molecule has 0 saturated carbocycles. The minimum absolute atomic E-state index is 0.0851. The second-order valence-corrected chi connectivity index (χ2v) is 2.50. The zero-order valence-electron chi connectivity index (χ0n) is 6.25. The number of aromatic nitrogens is 3. The summed E-state index contributed by atoms with van der Waals surface area (Å²) >= 11 is 0. The SMILES string of the molecule is Cc1cnc2c(F)c(F)nn2c1. The summed E-state index contributed by atoms with van der Waals surface area (Å²) in [5.41, 5.74) is 0.711. The highest BCUT2D eigenvalue weighted by molar-refractivity contribution is 5.38. The largest absolute Gasteiger partial charge is 0.271 e. The van der Waals surface area contributed by atoms with E-state index in [1.54, 1.807) is 6.92 Å². The van der Waals surface area contributed by atoms with Gasteiger partial charge in [0.25, 0.3) is 5.95 Å². The number of fused-ring (bicyclic) bond motifs is 1. The van der Waals surface area contributed by atoms with Crippen molar-refractivity contribution in [2.24, 2.45) is 0 Å². The number of rotatable bonds is 0. The fourth-order valence-corrected chi connectivity index (χ4v) is 0.974. The smallest absolute Gasteiger partial charge is 0.234 e. The Morgan fingerprint density at radius 1 is 1.42 bits per heavy atom. The lowest BCUT2D eigenvalue weighted by Crippen LogP contribution is -1.90. The Morgan fingerprint density at radius 3 is 2.92 bits per heavy atom. The molecule has 0 amide bonds. The molecule has 0 aromatic carbocycles. The van der Waals surface area contributed by atoms with Crippen LogP contribution in [0.1, 0.15) is 5.56 Å². The van der Waals surface area contributed by atoms with Gasteiger partial charge in [-0.25, -0.2) is 9.50 Å². The average Bonchev–Trinajstić information content (AvgIpc) is 2.28. The minimum Gasteiger partial charge on any atom is -0.234 e. The van der Waals surface area contributed by atoms with Gasteiger partial charge in [0.05, 0.1) is 0 Å². The van der Waals surface area contributed by atoms with E-state index >= 15 is 0 Å². The Kier molecular flexibility index (Phi) is 1.33. The molecule has 0 fully saturated rings. The van der Waals surface area contributed by atoms with E-state index in [1.807, 2.05) is 0 Å². The molecule has 0 aliphatic rings. The molecule has 5 heteroatoms. The predicted octanol–water partition coefficient (Wildman–Crippen LogP) is 1.32. The van der Waals surface area contributed by atoms with Crippen molar-refractivity contribution in [1.82, 2.24) is 14.6 Å². The van der Waals surface area contributed by atoms with Crippen molar-refractivity contribution in [3.63, 3.8) is 0 Å². The summed E-state index contributed by atoms with van der Waals surface area (Å²) < 4.78 is 26.4. The molecule has 2 aromatic rings. The third kappa shape index (κ3) is 0.861. The molecule has 0 atom stereocenters. The zero-order valence-corrected chi connectivity index (χ0v) is 6.25. The third-order valence-electron chi connectivity index (χ3n) is 1.51. The van der Waals surface area contributed by atoms with Crippen LogP contribution < -0.4 is 0 Å². The molecular formula is C7H5F2N3. The highest BCUT2D eigenvalue weighted by Crippen LogP contribution is 2.09. The molecule has 62 valence electrons. The molecule has 0 radical (unpaired) electrons. The molecule has 0 unspecified atom stereocenters. The van der Waals surface area contributed by atoms with Gasteiger partial charge in [-0.2, -0.15) is 8.78 Å². The Balaban J connectivity index is 2.87. The first-order chi connectivity index (χ1) is 5.68. The van der Waals surface area contributed by atoms with Gasteiger partial charge in [-0.3, -0.25) is 0 Å². The minimum atomic E-state index is -1.12. The number of hydrogen-bond acceptors (Lipinski definition) is 2. The molecule has 0 aliphatic carbocycles. The van der Waals surface area contributed by atoms with Crippen LogP contribution in [0.5, 0.6) is 0 Å². The fraction of sp³-hybridized carbons (Fsp3) is 0.143. The summed E-state index contributed by atoms with van der Waals surface area (Å²) in [6.07, 6.45) is 2.97. The Morgan fingerprint density at radius 2 is 2.17 bits per heavy atom. The summed E-state index contributed by atoms with van der Waals surface area (Å²) in [6.45, 7) is 1.77. The fourth-order valence-electron chi connectivity index (χ4n) is 0.974. The van der Waals surface area contributed by atoms with E-state index in [1.165, 1.54) is 12.4 Å². The van der Waals surface area contributed by atoms with Crippen molar-refractivity contribution < 1.29 is 8.78 Å². The molecule has 2 rings (SSSR count). The Labute approximate surface area is 66.7 Å². The van der Waals surface area contributed by atoms with E-state index in [9.17, 15) is 8.78 Å². The summed E-state index contributed by atoms with van der Waals surface area (Å²) in [7, 11) is 0. The molecular weight excluding hydrogens is 164 g/mol. The summed E-state index contributed by atoms with van der Waals surface area (Å²) in [6, 6.07) is 0. The van der Waals surface area contributed by atoms with Crippen molar-refractivity contribution in [1.29, 1.82) is 0 Å². The number of nitrogens with zero attached hydrogens (tertiary/aromatic N) is 3. The van der Waals surface area contributed by atoms with Crippen molar-refractivity contribution >= 4 is 5.65 Å². The van der Waals surface area contributed by atoms with Crippen LogP contribution in [0.3, 0.4) is 0 Å². The first-order valence-corrected chi connectivity index (χ1v) is 3.34. The van der Waals surface area contributed by atoms with Crippen LogP contribution in [-0.2, 0) is 0 Å². The topological polar surface area (TPSA) is 30.2 Å². The predicted molar refractivity (Wildman–Crippen MR) is 37.6 cm³/mol. The van der Waals surface area contributed by atoms with E-state index in [4.69, 9.17) is 0 Å². The van der Waals surface area contributed by atoms with Crippen LogP contribution in [0.2, 0.25) is 0 Å². The molecule has 0 N–H and O–H groups in total. The average molecular weight is 169 g/mol. The second kappa shape index (κ2) is 2.23. The van der Waals surface area contributed by atoms with E-state index in [-0.39, 0.29) is 5.65 Å². The van der Waals surface area contributed by atoms with E-state index < -0.39 is 11.8 Å². The normalized spacial score (nSPS) is 10.9. The van der Waals surface area contributed by atoms with Crippen molar-refractivity contribution in [2.75, 3.05) is 0 Å². The highest BCUT2D eigenvalue weighted by atomic mass is 19.2. The molecule has 2 heterocycles. The maximum absolute atomic E-state index is 12.8. The monoisotopic (exact) mass is 169 g/mol. The number of aryl methyl sites for hydroxylation is 1. The van der Waals surface area contributed by atoms with E-state index in [0.717, 1.165) is 10.1 Å². The Hall–Kier alpha value is -1.52. The quantitative estimate of drug-likeness (QED) is 0.595. The van der Waals surface area contributed by atoms with Crippen LogP contribution in [-0.4, -0.2) is 14.6 Å². The number of hydrogen-bond donors (Lipinski definition) is 0. The van der Waals surface area contributed by atoms with Gasteiger partial charge in [0.1, 0.15) is 0 Å². The van der Waals surface area contributed by atoms with Crippen LogP contribution in [0.25, 0.3) is 5.65 Å². The molecule has 2 aromatic heterocycles. The molecule has 3 nitrogen and oxygen atoms in total. The van der Waals surface area contributed by atoms with Gasteiger partial charge in [-0.15, -0.1) is 5.10 Å². The molecule has 0 aliphatic heterocycles. The molecule has 12 heavy (non-hydrogen) atoms. The van der Waals surface area contributed by atoms with Crippen molar-refractivity contribution in [3.8, 4) is 0 Å². The first kappa shape index (κ1) is 7.15. The molecule has 0 spiro atoms. The lowest BCUT2D eigenvalue weighted by atomic mass is 10.4.